The molecule has 1 aliphatic rings. The Labute approximate surface area is 174 Å². The molecule has 2 aromatic rings. The molecule has 30 heavy (non-hydrogen) atoms. The number of hydrogen-bond acceptors (Lipinski definition) is 6. The highest BCUT2D eigenvalue weighted by atomic mass is 16.6. The smallest absolute Gasteiger partial charge is 0.378 e. The third-order valence-electron chi connectivity index (χ3n) is 4.96. The number of cyclic esters (lactones) is 1. The van der Waals surface area contributed by atoms with E-state index >= 15 is 0 Å². The van der Waals surface area contributed by atoms with E-state index in [1.165, 1.54) is 0 Å². The van der Waals surface area contributed by atoms with E-state index < -0.39 is 35.3 Å². The van der Waals surface area contributed by atoms with Crippen molar-refractivity contribution in [2.24, 2.45) is 0 Å². The van der Waals surface area contributed by atoms with Gasteiger partial charge in [0.25, 0.3) is 0 Å². The van der Waals surface area contributed by atoms with Crippen molar-refractivity contribution < 1.29 is 30.0 Å². The van der Waals surface area contributed by atoms with Gasteiger partial charge < -0.3 is 25.2 Å². The summed E-state index contributed by atoms with van der Waals surface area (Å²) in [7, 11) is 0. The van der Waals surface area contributed by atoms with E-state index in [0.29, 0.717) is 0 Å². The van der Waals surface area contributed by atoms with Gasteiger partial charge in [0.1, 0.15) is 5.60 Å². The molecule has 6 nitrogen and oxygen atoms in total. The molecule has 1 aliphatic heterocycles. The Morgan fingerprint density at radius 3 is 1.97 bits per heavy atom. The fourth-order valence-electron chi connectivity index (χ4n) is 3.25. The molecule has 0 saturated heterocycles. The van der Waals surface area contributed by atoms with E-state index in [0.717, 1.165) is 11.1 Å². The molecule has 0 aliphatic carbocycles. The Hall–Kier alpha value is -3.35. The van der Waals surface area contributed by atoms with Gasteiger partial charge in [-0.1, -0.05) is 85.0 Å². The minimum absolute atomic E-state index is 0.0344. The first-order valence-electron chi connectivity index (χ1n) is 9.58. The summed E-state index contributed by atoms with van der Waals surface area (Å²) in [6, 6.07) is 18.8. The zero-order valence-corrected chi connectivity index (χ0v) is 16.3. The van der Waals surface area contributed by atoms with Crippen LogP contribution in [0.25, 0.3) is 12.2 Å². The molecular formula is C24H24O6. The first kappa shape index (κ1) is 21.4. The standard InChI is InChI=1S/C24H24O6/c25-19(15-7-13-17-9-3-1-4-10-17)24(29,22-20(26)21(27)23(28)30-22)16-8-14-18-11-5-2-6-12-18/h1-14,19,22,25-27,29H,15-16H2/b13-7+,14-8+/t19?,22-,24-/m0/s1. The molecule has 156 valence electrons. The summed E-state index contributed by atoms with van der Waals surface area (Å²) >= 11 is 0. The Morgan fingerprint density at radius 2 is 1.47 bits per heavy atom. The molecule has 1 heterocycles. The summed E-state index contributed by atoms with van der Waals surface area (Å²) < 4.78 is 4.96. The lowest BCUT2D eigenvalue weighted by Gasteiger charge is -2.35. The molecule has 0 fully saturated rings. The highest BCUT2D eigenvalue weighted by Crippen LogP contribution is 2.34. The van der Waals surface area contributed by atoms with Crippen molar-refractivity contribution in [3.8, 4) is 0 Å². The van der Waals surface area contributed by atoms with E-state index in [4.69, 9.17) is 4.74 Å². The second-order valence-electron chi connectivity index (χ2n) is 7.09. The van der Waals surface area contributed by atoms with Gasteiger partial charge in [-0.15, -0.1) is 0 Å². The Morgan fingerprint density at radius 1 is 0.933 bits per heavy atom. The second-order valence-corrected chi connectivity index (χ2v) is 7.09. The van der Waals surface area contributed by atoms with Crippen LogP contribution in [0, 0.1) is 0 Å². The zero-order valence-electron chi connectivity index (χ0n) is 16.3. The molecule has 3 rings (SSSR count). The normalized spacial score (nSPS) is 19.9. The molecule has 6 heteroatoms. The fraction of sp³-hybridized carbons (Fsp3) is 0.208. The first-order chi connectivity index (χ1) is 14.4. The number of aliphatic hydroxyl groups is 4. The Bertz CT molecular complexity index is 948. The van der Waals surface area contributed by atoms with E-state index in [1.54, 1.807) is 24.3 Å². The predicted octanol–water partition coefficient (Wildman–Crippen LogP) is 3.54. The number of ether oxygens (including phenoxy) is 1. The minimum Gasteiger partial charge on any atom is -0.505 e. The van der Waals surface area contributed by atoms with Gasteiger partial charge in [0, 0.05) is 6.42 Å². The third-order valence-corrected chi connectivity index (χ3v) is 4.96. The van der Waals surface area contributed by atoms with Gasteiger partial charge in [-0.25, -0.2) is 4.79 Å². The lowest BCUT2D eigenvalue weighted by molar-refractivity contribution is -0.170. The second kappa shape index (κ2) is 9.43. The van der Waals surface area contributed by atoms with Crippen LogP contribution >= 0.6 is 0 Å². The lowest BCUT2D eigenvalue weighted by Crippen LogP contribution is -2.52. The number of benzene rings is 2. The fourth-order valence-corrected chi connectivity index (χ4v) is 3.25. The van der Waals surface area contributed by atoms with E-state index in [1.807, 2.05) is 60.7 Å². The number of rotatable bonds is 8. The lowest BCUT2D eigenvalue weighted by atomic mass is 9.83. The number of esters is 1. The molecule has 0 bridgehead atoms. The summed E-state index contributed by atoms with van der Waals surface area (Å²) in [6.45, 7) is 0. The predicted molar refractivity (Wildman–Crippen MR) is 113 cm³/mol. The summed E-state index contributed by atoms with van der Waals surface area (Å²) in [6.07, 6.45) is 3.78. The molecule has 1 unspecified atom stereocenters. The van der Waals surface area contributed by atoms with Crippen LogP contribution in [0.1, 0.15) is 24.0 Å². The van der Waals surface area contributed by atoms with Gasteiger partial charge in [0.2, 0.25) is 5.76 Å². The number of carbonyl (C=O) groups excluding carboxylic acids is 1. The Balaban J connectivity index is 1.80. The summed E-state index contributed by atoms with van der Waals surface area (Å²) in [5.74, 6) is -2.89. The van der Waals surface area contributed by atoms with Crippen LogP contribution in [0.2, 0.25) is 0 Å². The van der Waals surface area contributed by atoms with Crippen molar-refractivity contribution in [3.63, 3.8) is 0 Å². The maximum Gasteiger partial charge on any atom is 0.378 e. The maximum atomic E-state index is 11.6. The molecule has 3 atom stereocenters. The molecule has 2 aromatic carbocycles. The van der Waals surface area contributed by atoms with Crippen LogP contribution in [0.15, 0.2) is 84.3 Å². The maximum absolute atomic E-state index is 11.6. The van der Waals surface area contributed by atoms with Crippen molar-refractivity contribution in [1.29, 1.82) is 0 Å². The van der Waals surface area contributed by atoms with Crippen molar-refractivity contribution in [3.05, 3.63) is 95.5 Å². The van der Waals surface area contributed by atoms with Crippen LogP contribution in [0.3, 0.4) is 0 Å². The van der Waals surface area contributed by atoms with E-state index in [9.17, 15) is 25.2 Å². The summed E-state index contributed by atoms with van der Waals surface area (Å²) in [5.41, 5.74) is -0.245. The van der Waals surface area contributed by atoms with Gasteiger partial charge >= 0.3 is 5.97 Å². The number of aliphatic hydroxyl groups excluding tert-OH is 3. The zero-order chi connectivity index (χ0) is 21.6. The van der Waals surface area contributed by atoms with Crippen molar-refractivity contribution >= 4 is 18.1 Å². The molecular weight excluding hydrogens is 384 g/mol. The van der Waals surface area contributed by atoms with Gasteiger partial charge in [-0.2, -0.15) is 0 Å². The largest absolute Gasteiger partial charge is 0.505 e. The Kier molecular flexibility index (Phi) is 6.72. The molecule has 0 saturated carbocycles. The molecule has 0 aromatic heterocycles. The van der Waals surface area contributed by atoms with Crippen molar-refractivity contribution in [1.82, 2.24) is 0 Å². The highest BCUT2D eigenvalue weighted by Gasteiger charge is 2.52. The van der Waals surface area contributed by atoms with Crippen molar-refractivity contribution in [2.75, 3.05) is 0 Å². The van der Waals surface area contributed by atoms with Gasteiger partial charge in [0.15, 0.2) is 11.9 Å². The summed E-state index contributed by atoms with van der Waals surface area (Å²) in [5, 5.41) is 41.7. The third kappa shape index (κ3) is 4.79. The van der Waals surface area contributed by atoms with Gasteiger partial charge in [0.05, 0.1) is 6.10 Å². The van der Waals surface area contributed by atoms with Crippen LogP contribution in [-0.2, 0) is 9.53 Å². The van der Waals surface area contributed by atoms with E-state index in [-0.39, 0.29) is 12.8 Å². The van der Waals surface area contributed by atoms with Crippen LogP contribution < -0.4 is 0 Å². The molecule has 0 amide bonds. The van der Waals surface area contributed by atoms with Crippen molar-refractivity contribution in [2.45, 2.75) is 30.7 Å². The average Bonchev–Trinajstić information content (AvgIpc) is 3.03. The molecule has 0 radical (unpaired) electrons. The van der Waals surface area contributed by atoms with Gasteiger partial charge in [-0.3, -0.25) is 0 Å². The van der Waals surface area contributed by atoms with Crippen LogP contribution in [0.4, 0.5) is 0 Å². The number of carbonyl (C=O) groups is 1. The van der Waals surface area contributed by atoms with Crippen LogP contribution in [-0.4, -0.2) is 44.2 Å². The minimum atomic E-state index is -2.05. The highest BCUT2D eigenvalue weighted by molar-refractivity contribution is 5.89. The summed E-state index contributed by atoms with van der Waals surface area (Å²) in [4.78, 5) is 11.6. The van der Waals surface area contributed by atoms with Crippen LogP contribution in [0.5, 0.6) is 0 Å². The topological polar surface area (TPSA) is 107 Å². The molecule has 0 spiro atoms. The SMILES string of the molecule is O=C1O[C@H]([C@](O)(C/C=C/c2ccccc2)C(O)C/C=C/c2ccccc2)C(O)=C1O. The molecule has 4 N–H and O–H groups in total. The average molecular weight is 408 g/mol. The quantitative estimate of drug-likeness (QED) is 0.498. The van der Waals surface area contributed by atoms with Gasteiger partial charge in [-0.05, 0) is 17.5 Å². The monoisotopic (exact) mass is 408 g/mol. The number of hydrogen-bond donors (Lipinski definition) is 4. The van der Waals surface area contributed by atoms with E-state index in [2.05, 4.69) is 0 Å². The first-order valence-corrected chi connectivity index (χ1v) is 9.58.